The van der Waals surface area contributed by atoms with Crippen LogP contribution < -0.4 is 10.0 Å². The molecule has 0 fully saturated rings. The molecule has 0 saturated carbocycles. The number of rotatable bonds is 8. The highest BCUT2D eigenvalue weighted by Gasteiger charge is 2.22. The monoisotopic (exact) mass is 320 g/mol. The minimum Gasteiger partial charge on any atom is -0.316 e. The van der Waals surface area contributed by atoms with Gasteiger partial charge in [-0.3, -0.25) is 0 Å². The van der Waals surface area contributed by atoms with Gasteiger partial charge in [0.05, 0.1) is 0 Å². The Bertz CT molecular complexity index is 535. The first-order valence-corrected chi connectivity index (χ1v) is 9.26. The maximum atomic E-state index is 14.0. The summed E-state index contributed by atoms with van der Waals surface area (Å²) in [5.41, 5.74) is 0.708. The third-order valence-corrected chi connectivity index (χ3v) is 5.14. The van der Waals surface area contributed by atoms with E-state index in [4.69, 9.17) is 0 Å². The van der Waals surface area contributed by atoms with Crippen LogP contribution >= 0.6 is 11.8 Å². The van der Waals surface area contributed by atoms with Gasteiger partial charge in [0.1, 0.15) is 10.7 Å². The van der Waals surface area contributed by atoms with E-state index in [-0.39, 0.29) is 10.9 Å². The van der Waals surface area contributed by atoms with E-state index in [1.54, 1.807) is 24.9 Å². The van der Waals surface area contributed by atoms with Gasteiger partial charge in [-0.15, -0.1) is 0 Å². The molecule has 1 atom stereocenters. The van der Waals surface area contributed by atoms with Gasteiger partial charge in [0, 0.05) is 18.3 Å². The van der Waals surface area contributed by atoms with E-state index in [1.165, 1.54) is 12.1 Å². The smallest absolute Gasteiger partial charge is 0.243 e. The highest BCUT2D eigenvalue weighted by atomic mass is 32.2. The normalized spacial score (nSPS) is 13.4. The summed E-state index contributed by atoms with van der Waals surface area (Å²) >= 11 is 1.55. The Morgan fingerprint density at radius 3 is 2.60 bits per heavy atom. The van der Waals surface area contributed by atoms with Gasteiger partial charge in [0.2, 0.25) is 10.0 Å². The van der Waals surface area contributed by atoms with Crippen LogP contribution in [0.3, 0.4) is 0 Å². The number of benzene rings is 1. The molecule has 4 nitrogen and oxygen atoms in total. The molecule has 0 aliphatic heterocycles. The van der Waals surface area contributed by atoms with Crippen molar-refractivity contribution in [2.75, 3.05) is 19.1 Å². The highest BCUT2D eigenvalue weighted by Crippen LogP contribution is 2.17. The fourth-order valence-corrected chi connectivity index (χ4v) is 4.00. The molecule has 20 heavy (non-hydrogen) atoms. The van der Waals surface area contributed by atoms with Crippen LogP contribution in [0, 0.1) is 5.82 Å². The lowest BCUT2D eigenvalue weighted by Crippen LogP contribution is -2.36. The van der Waals surface area contributed by atoms with Crippen LogP contribution in [0.15, 0.2) is 23.1 Å². The minimum atomic E-state index is -3.81. The Kier molecular flexibility index (Phi) is 6.94. The molecule has 1 unspecified atom stereocenters. The zero-order valence-corrected chi connectivity index (χ0v) is 13.6. The van der Waals surface area contributed by atoms with E-state index in [2.05, 4.69) is 10.0 Å². The molecule has 114 valence electrons. The third kappa shape index (κ3) is 4.73. The first-order valence-electron chi connectivity index (χ1n) is 6.38. The Morgan fingerprint density at radius 2 is 2.10 bits per heavy atom. The molecule has 7 heteroatoms. The lowest BCUT2D eigenvalue weighted by atomic mass is 10.2. The third-order valence-electron chi connectivity index (χ3n) is 2.85. The zero-order valence-electron chi connectivity index (χ0n) is 11.9. The zero-order chi connectivity index (χ0) is 15.2. The fraction of sp³-hybridized carbons (Fsp3) is 0.538. The summed E-state index contributed by atoms with van der Waals surface area (Å²) in [6.07, 6.45) is 2.57. The van der Waals surface area contributed by atoms with Gasteiger partial charge < -0.3 is 5.32 Å². The van der Waals surface area contributed by atoms with Crippen molar-refractivity contribution in [1.82, 2.24) is 10.0 Å². The summed E-state index contributed by atoms with van der Waals surface area (Å²) in [5, 5.41) is 2.89. The molecule has 1 rings (SSSR count). The van der Waals surface area contributed by atoms with Crippen molar-refractivity contribution >= 4 is 21.8 Å². The molecule has 0 aliphatic carbocycles. The number of halogens is 1. The molecule has 1 aromatic rings. The van der Waals surface area contributed by atoms with Gasteiger partial charge in [-0.25, -0.2) is 17.5 Å². The Hall–Kier alpha value is -0.630. The van der Waals surface area contributed by atoms with Gasteiger partial charge in [0.15, 0.2) is 0 Å². The van der Waals surface area contributed by atoms with Crippen molar-refractivity contribution in [3.8, 4) is 0 Å². The van der Waals surface area contributed by atoms with Crippen molar-refractivity contribution in [1.29, 1.82) is 0 Å². The van der Waals surface area contributed by atoms with Gasteiger partial charge in [-0.2, -0.15) is 11.8 Å². The molecule has 0 aliphatic rings. The molecule has 0 amide bonds. The number of nitrogens with one attached hydrogen (secondary N) is 2. The Labute approximate surface area is 124 Å². The Balaban J connectivity index is 2.97. The van der Waals surface area contributed by atoms with E-state index >= 15 is 0 Å². The molecule has 0 saturated heterocycles. The largest absolute Gasteiger partial charge is 0.316 e. The van der Waals surface area contributed by atoms with Crippen LogP contribution in [0.2, 0.25) is 0 Å². The lowest BCUT2D eigenvalue weighted by Gasteiger charge is -2.16. The minimum absolute atomic E-state index is 0.189. The second-order valence-electron chi connectivity index (χ2n) is 4.48. The van der Waals surface area contributed by atoms with Gasteiger partial charge >= 0.3 is 0 Å². The quantitative estimate of drug-likeness (QED) is 0.769. The van der Waals surface area contributed by atoms with Crippen molar-refractivity contribution in [3.05, 3.63) is 29.6 Å². The summed E-state index contributed by atoms with van der Waals surface area (Å²) in [6, 6.07) is 3.99. The van der Waals surface area contributed by atoms with Crippen molar-refractivity contribution in [3.63, 3.8) is 0 Å². The number of thioether (sulfide) groups is 1. The van der Waals surface area contributed by atoms with E-state index < -0.39 is 15.8 Å². The lowest BCUT2D eigenvalue weighted by molar-refractivity contribution is 0.540. The van der Waals surface area contributed by atoms with Crippen molar-refractivity contribution in [2.24, 2.45) is 0 Å². The maximum Gasteiger partial charge on any atom is 0.243 e. The molecular weight excluding hydrogens is 299 g/mol. The molecule has 0 radical (unpaired) electrons. The second-order valence-corrected chi connectivity index (χ2v) is 7.07. The molecular formula is C13H21FN2O2S2. The number of sulfonamides is 1. The molecule has 2 N–H and O–H groups in total. The fourth-order valence-electron chi connectivity index (χ4n) is 1.80. The SMILES string of the molecule is CCC(CSC)NS(=O)(=O)c1ccc(CNC)cc1F. The van der Waals surface area contributed by atoms with E-state index in [0.717, 1.165) is 0 Å². The van der Waals surface area contributed by atoms with Gasteiger partial charge in [-0.1, -0.05) is 13.0 Å². The van der Waals surface area contributed by atoms with Crippen LogP contribution in [0.25, 0.3) is 0 Å². The summed E-state index contributed by atoms with van der Waals surface area (Å²) in [6.45, 7) is 2.39. The average Bonchev–Trinajstić information content (AvgIpc) is 2.38. The van der Waals surface area contributed by atoms with E-state index in [1.807, 2.05) is 13.2 Å². The molecule has 0 spiro atoms. The highest BCUT2D eigenvalue weighted by molar-refractivity contribution is 7.98. The van der Waals surface area contributed by atoms with E-state index in [9.17, 15) is 12.8 Å². The topological polar surface area (TPSA) is 58.2 Å². The van der Waals surface area contributed by atoms with Crippen LogP contribution in [0.5, 0.6) is 0 Å². The average molecular weight is 320 g/mol. The molecule has 0 aromatic heterocycles. The summed E-state index contributed by atoms with van der Waals surface area (Å²) in [4.78, 5) is -0.295. The second kappa shape index (κ2) is 7.97. The van der Waals surface area contributed by atoms with Crippen LogP contribution in [-0.2, 0) is 16.6 Å². The van der Waals surface area contributed by atoms with Crippen molar-refractivity contribution in [2.45, 2.75) is 30.8 Å². The Morgan fingerprint density at radius 1 is 1.40 bits per heavy atom. The summed E-state index contributed by atoms with van der Waals surface area (Å²) in [7, 11) is -2.07. The number of hydrogen-bond donors (Lipinski definition) is 2. The first-order chi connectivity index (χ1) is 9.44. The van der Waals surface area contributed by atoms with Crippen LogP contribution in [0.1, 0.15) is 18.9 Å². The maximum absolute atomic E-state index is 14.0. The van der Waals surface area contributed by atoms with Gasteiger partial charge in [0.25, 0.3) is 0 Å². The molecule has 1 aromatic carbocycles. The molecule has 0 heterocycles. The van der Waals surface area contributed by atoms with E-state index in [0.29, 0.717) is 24.3 Å². The first kappa shape index (κ1) is 17.4. The summed E-state index contributed by atoms with van der Waals surface area (Å²) in [5.74, 6) is -0.0564. The predicted molar refractivity (Wildman–Crippen MR) is 81.9 cm³/mol. The predicted octanol–water partition coefficient (Wildman–Crippen LogP) is 1.97. The van der Waals surface area contributed by atoms with Crippen LogP contribution in [-0.4, -0.2) is 33.5 Å². The summed E-state index contributed by atoms with van der Waals surface area (Å²) < 4.78 is 40.9. The number of hydrogen-bond acceptors (Lipinski definition) is 4. The van der Waals surface area contributed by atoms with Gasteiger partial charge in [-0.05, 0) is 37.4 Å². The van der Waals surface area contributed by atoms with Crippen molar-refractivity contribution < 1.29 is 12.8 Å². The van der Waals surface area contributed by atoms with Crippen LogP contribution in [0.4, 0.5) is 4.39 Å². The molecule has 0 bridgehead atoms. The standard InChI is InChI=1S/C13H21FN2O2S2/c1-4-11(9-19-3)16-20(17,18)13-6-5-10(8-15-2)7-12(13)14/h5-7,11,15-16H,4,8-9H2,1-3H3.